The zero-order chi connectivity index (χ0) is 24.6. The minimum absolute atomic E-state index is 0.220. The highest BCUT2D eigenvalue weighted by Gasteiger charge is 2.13. The van der Waals surface area contributed by atoms with Crippen LogP contribution < -0.4 is 10.1 Å². The number of aryl methyl sites for hydroxylation is 1. The summed E-state index contributed by atoms with van der Waals surface area (Å²) < 4.78 is 11.8. The van der Waals surface area contributed by atoms with Gasteiger partial charge in [-0.15, -0.1) is 10.2 Å². The third-order valence-electron chi connectivity index (χ3n) is 5.81. The second-order valence-electron chi connectivity index (χ2n) is 8.18. The van der Waals surface area contributed by atoms with Crippen LogP contribution in [-0.4, -0.2) is 47.2 Å². The molecule has 4 rings (SSSR count). The number of nitrogens with one attached hydrogen (secondary N) is 1. The summed E-state index contributed by atoms with van der Waals surface area (Å²) in [6.45, 7) is 9.63. The average molecular weight is 471 g/mol. The molecule has 7 nitrogen and oxygen atoms in total. The van der Waals surface area contributed by atoms with Gasteiger partial charge in [-0.2, -0.15) is 0 Å². The van der Waals surface area contributed by atoms with Gasteiger partial charge < -0.3 is 19.4 Å². The van der Waals surface area contributed by atoms with Crippen molar-refractivity contribution < 1.29 is 13.9 Å². The fourth-order valence-corrected chi connectivity index (χ4v) is 3.63. The summed E-state index contributed by atoms with van der Waals surface area (Å²) in [5.74, 6) is 1.29. The van der Waals surface area contributed by atoms with Crippen LogP contribution in [0.15, 0.2) is 77.2 Å². The molecule has 0 aliphatic rings. The van der Waals surface area contributed by atoms with Crippen LogP contribution in [0.3, 0.4) is 0 Å². The number of hydrogen-bond acceptors (Lipinski definition) is 6. The molecule has 1 aromatic heterocycles. The molecule has 35 heavy (non-hydrogen) atoms. The molecule has 1 heterocycles. The lowest BCUT2D eigenvalue weighted by Crippen LogP contribution is -2.28. The first-order valence-corrected chi connectivity index (χ1v) is 11.8. The molecule has 1 N–H and O–H groups in total. The maximum atomic E-state index is 12.9. The van der Waals surface area contributed by atoms with Gasteiger partial charge in [-0.3, -0.25) is 4.79 Å². The number of amides is 1. The first-order valence-electron chi connectivity index (χ1n) is 11.8. The fourth-order valence-electron chi connectivity index (χ4n) is 3.63. The predicted octanol–water partition coefficient (Wildman–Crippen LogP) is 5.68. The van der Waals surface area contributed by atoms with Crippen LogP contribution in [0.25, 0.3) is 22.9 Å². The Bertz CT molecular complexity index is 1250. The van der Waals surface area contributed by atoms with Crippen molar-refractivity contribution in [2.24, 2.45) is 0 Å². The Morgan fingerprint density at radius 3 is 2.11 bits per heavy atom. The van der Waals surface area contributed by atoms with E-state index in [9.17, 15) is 4.79 Å². The number of anilines is 1. The first-order chi connectivity index (χ1) is 17.1. The number of likely N-dealkylation sites (N-methyl/N-ethyl adjacent to an activating group) is 1. The van der Waals surface area contributed by atoms with Crippen molar-refractivity contribution in [1.29, 1.82) is 0 Å². The molecule has 0 fully saturated rings. The zero-order valence-corrected chi connectivity index (χ0v) is 20.3. The van der Waals surface area contributed by atoms with Gasteiger partial charge in [0.05, 0.1) is 5.69 Å². The summed E-state index contributed by atoms with van der Waals surface area (Å²) in [5, 5.41) is 11.3. The number of carbonyl (C=O) groups excluding carboxylic acids is 1. The highest BCUT2D eigenvalue weighted by molar-refractivity contribution is 6.05. The summed E-state index contributed by atoms with van der Waals surface area (Å²) in [5.41, 5.74) is 3.93. The Morgan fingerprint density at radius 2 is 1.49 bits per heavy atom. The molecule has 3 aromatic carbocycles. The van der Waals surface area contributed by atoms with Crippen molar-refractivity contribution in [3.8, 4) is 28.7 Å². The van der Waals surface area contributed by atoms with Crippen LogP contribution in [0.5, 0.6) is 5.75 Å². The number of carbonyl (C=O) groups is 1. The summed E-state index contributed by atoms with van der Waals surface area (Å²) in [6.07, 6.45) is 0. The molecule has 0 saturated heterocycles. The number of rotatable bonds is 10. The Balaban J connectivity index is 1.41. The third-order valence-corrected chi connectivity index (χ3v) is 5.81. The average Bonchev–Trinajstić information content (AvgIpc) is 3.38. The van der Waals surface area contributed by atoms with Crippen molar-refractivity contribution in [3.63, 3.8) is 0 Å². The lowest BCUT2D eigenvalue weighted by Gasteiger charge is -2.19. The van der Waals surface area contributed by atoms with Gasteiger partial charge in [0, 0.05) is 23.2 Å². The molecule has 0 aliphatic carbocycles. The topological polar surface area (TPSA) is 80.5 Å². The second-order valence-corrected chi connectivity index (χ2v) is 8.18. The molecule has 180 valence electrons. The number of nitrogens with zero attached hydrogens (tertiary/aromatic N) is 3. The smallest absolute Gasteiger partial charge is 0.255 e. The van der Waals surface area contributed by atoms with Crippen LogP contribution in [-0.2, 0) is 0 Å². The molecule has 0 atom stereocenters. The summed E-state index contributed by atoms with van der Waals surface area (Å²) in [6, 6.07) is 22.4. The van der Waals surface area contributed by atoms with Gasteiger partial charge in [0.15, 0.2) is 0 Å². The van der Waals surface area contributed by atoms with Crippen molar-refractivity contribution >= 4 is 11.6 Å². The minimum Gasteiger partial charge on any atom is -0.490 e. The molecule has 0 saturated carbocycles. The van der Waals surface area contributed by atoms with E-state index < -0.39 is 0 Å². The molecule has 0 unspecified atom stereocenters. The van der Waals surface area contributed by atoms with Crippen molar-refractivity contribution in [2.75, 3.05) is 31.6 Å². The quantitative estimate of drug-likeness (QED) is 0.321. The van der Waals surface area contributed by atoms with Crippen LogP contribution in [0.1, 0.15) is 29.8 Å². The van der Waals surface area contributed by atoms with Crippen molar-refractivity contribution in [3.05, 3.63) is 83.9 Å². The highest BCUT2D eigenvalue weighted by Crippen LogP contribution is 2.26. The molecule has 7 heteroatoms. The molecule has 0 aliphatic heterocycles. The Hall–Kier alpha value is -3.97. The summed E-state index contributed by atoms with van der Waals surface area (Å²) in [7, 11) is 0. The van der Waals surface area contributed by atoms with Gasteiger partial charge in [0.2, 0.25) is 11.8 Å². The maximum absolute atomic E-state index is 12.9. The van der Waals surface area contributed by atoms with E-state index in [4.69, 9.17) is 9.15 Å². The van der Waals surface area contributed by atoms with E-state index in [1.54, 1.807) is 24.3 Å². The number of aromatic nitrogens is 2. The number of ether oxygens (including phenoxy) is 1. The van der Waals surface area contributed by atoms with E-state index >= 15 is 0 Å². The van der Waals surface area contributed by atoms with Crippen molar-refractivity contribution in [1.82, 2.24) is 15.1 Å². The van der Waals surface area contributed by atoms with Gasteiger partial charge in [-0.1, -0.05) is 43.7 Å². The largest absolute Gasteiger partial charge is 0.490 e. The first kappa shape index (κ1) is 24.2. The molecule has 0 radical (unpaired) electrons. The third kappa shape index (κ3) is 6.13. The normalized spacial score (nSPS) is 11.0. The van der Waals surface area contributed by atoms with E-state index in [0.29, 0.717) is 35.4 Å². The van der Waals surface area contributed by atoms with E-state index in [1.807, 2.05) is 55.5 Å². The molecule has 0 spiro atoms. The van der Waals surface area contributed by atoms with Crippen LogP contribution in [0.2, 0.25) is 0 Å². The minimum atomic E-state index is -0.220. The predicted molar refractivity (Wildman–Crippen MR) is 138 cm³/mol. The van der Waals surface area contributed by atoms with Gasteiger partial charge in [-0.25, -0.2) is 0 Å². The molecule has 0 bridgehead atoms. The molecular weight excluding hydrogens is 440 g/mol. The van der Waals surface area contributed by atoms with E-state index in [1.165, 1.54) is 0 Å². The SMILES string of the molecule is CCN(CC)CCOc1ccccc1NC(=O)c1ccc(-c2nnc(-c3ccc(C)cc3)o2)cc1. The monoisotopic (exact) mass is 470 g/mol. The Morgan fingerprint density at radius 1 is 0.886 bits per heavy atom. The molecule has 4 aromatic rings. The standard InChI is InChI=1S/C28H30N4O3/c1-4-32(5-2)18-19-34-25-9-7-6-8-24(25)29-26(33)21-14-16-23(17-15-21)28-31-30-27(35-28)22-12-10-20(3)11-13-22/h6-17H,4-5,18-19H2,1-3H3,(H,29,33). The number of para-hydroxylation sites is 2. The van der Waals surface area contributed by atoms with E-state index in [-0.39, 0.29) is 5.91 Å². The van der Waals surface area contributed by atoms with E-state index in [0.717, 1.165) is 36.3 Å². The fraction of sp³-hybridized carbons (Fsp3) is 0.250. The number of benzene rings is 3. The Labute approximate surface area is 205 Å². The van der Waals surface area contributed by atoms with Crippen molar-refractivity contribution in [2.45, 2.75) is 20.8 Å². The van der Waals surface area contributed by atoms with Crippen LogP contribution in [0, 0.1) is 6.92 Å². The highest BCUT2D eigenvalue weighted by atomic mass is 16.5. The van der Waals surface area contributed by atoms with E-state index in [2.05, 4.69) is 34.3 Å². The van der Waals surface area contributed by atoms with Crippen LogP contribution in [0.4, 0.5) is 5.69 Å². The summed E-state index contributed by atoms with van der Waals surface area (Å²) >= 11 is 0. The maximum Gasteiger partial charge on any atom is 0.255 e. The lowest BCUT2D eigenvalue weighted by molar-refractivity contribution is 0.102. The van der Waals surface area contributed by atoms with Gasteiger partial charge >= 0.3 is 0 Å². The van der Waals surface area contributed by atoms with Gasteiger partial charge in [0.1, 0.15) is 12.4 Å². The lowest BCUT2D eigenvalue weighted by atomic mass is 10.1. The summed E-state index contributed by atoms with van der Waals surface area (Å²) in [4.78, 5) is 15.2. The molecule has 1 amide bonds. The number of hydrogen-bond donors (Lipinski definition) is 1. The Kier molecular flexibility index (Phi) is 7.90. The molecular formula is C28H30N4O3. The zero-order valence-electron chi connectivity index (χ0n) is 20.3. The second kappa shape index (κ2) is 11.4. The van der Waals surface area contributed by atoms with Crippen LogP contribution >= 0.6 is 0 Å². The van der Waals surface area contributed by atoms with Gasteiger partial charge in [-0.05, 0) is 68.5 Å². The van der Waals surface area contributed by atoms with Gasteiger partial charge in [0.25, 0.3) is 5.91 Å².